The van der Waals surface area contributed by atoms with Gasteiger partial charge in [-0.1, -0.05) is 61.0 Å². The van der Waals surface area contributed by atoms with Crippen molar-refractivity contribution in [2.75, 3.05) is 36.8 Å². The van der Waals surface area contributed by atoms with Crippen molar-refractivity contribution in [1.82, 2.24) is 14.3 Å². The summed E-state index contributed by atoms with van der Waals surface area (Å²) in [5.41, 5.74) is 6.80. The van der Waals surface area contributed by atoms with Crippen molar-refractivity contribution in [1.29, 1.82) is 0 Å². The Morgan fingerprint density at radius 2 is 1.62 bits per heavy atom. The molecule has 0 N–H and O–H groups in total. The fourth-order valence-corrected chi connectivity index (χ4v) is 6.01. The van der Waals surface area contributed by atoms with Crippen LogP contribution in [0.4, 0.5) is 5.82 Å². The highest BCUT2D eigenvalue weighted by molar-refractivity contribution is 7.89. The summed E-state index contributed by atoms with van der Waals surface area (Å²) in [6.07, 6.45) is 1.38. The van der Waals surface area contributed by atoms with Gasteiger partial charge in [0.25, 0.3) is 0 Å². The van der Waals surface area contributed by atoms with Gasteiger partial charge >= 0.3 is 0 Å². The van der Waals surface area contributed by atoms with Crippen molar-refractivity contribution in [2.24, 2.45) is 0 Å². The molecular weight excluding hydrogens is 444 g/mol. The second kappa shape index (κ2) is 10.2. The highest BCUT2D eigenvalue weighted by atomic mass is 32.2. The second-order valence-electron chi connectivity index (χ2n) is 9.11. The van der Waals surface area contributed by atoms with Gasteiger partial charge in [-0.25, -0.2) is 18.4 Å². The van der Waals surface area contributed by atoms with Crippen LogP contribution in [0.3, 0.4) is 0 Å². The molecule has 0 aliphatic carbocycles. The molecule has 0 bridgehead atoms. The molecule has 0 radical (unpaired) electrons. The molecule has 34 heavy (non-hydrogen) atoms. The van der Waals surface area contributed by atoms with Gasteiger partial charge in [-0.15, -0.1) is 0 Å². The average Bonchev–Trinajstić information content (AvgIpc) is 2.83. The lowest BCUT2D eigenvalue weighted by molar-refractivity contribution is 0.383. The summed E-state index contributed by atoms with van der Waals surface area (Å²) >= 11 is 0. The Balaban J connectivity index is 1.71. The monoisotopic (exact) mass is 478 g/mol. The van der Waals surface area contributed by atoms with Crippen LogP contribution in [0.5, 0.6) is 0 Å². The minimum atomic E-state index is -3.19. The number of aromatic nitrogens is 2. The van der Waals surface area contributed by atoms with Crippen LogP contribution in [-0.4, -0.2) is 54.6 Å². The molecule has 2 heterocycles. The summed E-state index contributed by atoms with van der Waals surface area (Å²) in [7, 11) is -3.19. The molecule has 3 aromatic rings. The maximum atomic E-state index is 12.6. The molecule has 0 unspecified atom stereocenters. The zero-order valence-electron chi connectivity index (χ0n) is 20.6. The quantitative estimate of drug-likeness (QED) is 0.499. The summed E-state index contributed by atoms with van der Waals surface area (Å²) in [6, 6.07) is 16.6. The summed E-state index contributed by atoms with van der Waals surface area (Å²) in [5, 5.41) is 0. The van der Waals surface area contributed by atoms with Crippen LogP contribution in [0.2, 0.25) is 0 Å². The second-order valence-corrected chi connectivity index (χ2v) is 11.2. The number of piperazine rings is 1. The molecule has 4 rings (SSSR count). The fourth-order valence-electron chi connectivity index (χ4n) is 4.51. The topological polar surface area (TPSA) is 66.4 Å². The van der Waals surface area contributed by atoms with Crippen LogP contribution >= 0.6 is 0 Å². The van der Waals surface area contributed by atoms with E-state index >= 15 is 0 Å². The molecular formula is C27H34N4O2S. The Labute approximate surface area is 203 Å². The third kappa shape index (κ3) is 5.31. The lowest BCUT2D eigenvalue weighted by Gasteiger charge is -2.36. The molecule has 0 atom stereocenters. The van der Waals surface area contributed by atoms with Gasteiger partial charge in [0.15, 0.2) is 5.82 Å². The SMILES string of the molecule is CCCS(=O)(=O)N1CCN(c2nc(-c3ccccc3)nc(C)c2Cc2cc(C)ccc2C)CC1. The molecule has 1 saturated heterocycles. The number of benzene rings is 2. The lowest BCUT2D eigenvalue weighted by atomic mass is 9.97. The van der Waals surface area contributed by atoms with Crippen LogP contribution in [0.1, 0.15) is 41.3 Å². The van der Waals surface area contributed by atoms with E-state index in [0.717, 1.165) is 29.1 Å². The number of sulfonamides is 1. The molecule has 180 valence electrons. The first kappa shape index (κ1) is 24.4. The standard InChI is InChI=1S/C27H34N4O2S/c1-5-17-34(32,33)31-15-13-30(14-16-31)27-25(19-24-18-20(2)11-12-21(24)3)22(4)28-26(29-27)23-9-7-6-8-10-23/h6-12,18H,5,13-17,19H2,1-4H3. The van der Waals surface area contributed by atoms with Gasteiger partial charge in [0.05, 0.1) is 5.75 Å². The molecule has 1 fully saturated rings. The van der Waals surface area contributed by atoms with E-state index in [4.69, 9.17) is 9.97 Å². The lowest BCUT2D eigenvalue weighted by Crippen LogP contribution is -2.49. The van der Waals surface area contributed by atoms with Crippen LogP contribution in [-0.2, 0) is 16.4 Å². The van der Waals surface area contributed by atoms with Crippen molar-refractivity contribution in [2.45, 2.75) is 40.5 Å². The molecule has 1 aromatic heterocycles. The third-order valence-corrected chi connectivity index (χ3v) is 8.57. The van der Waals surface area contributed by atoms with Gasteiger partial charge in [0.2, 0.25) is 10.0 Å². The van der Waals surface area contributed by atoms with Gasteiger partial charge in [-0.05, 0) is 38.3 Å². The predicted molar refractivity (Wildman–Crippen MR) is 139 cm³/mol. The van der Waals surface area contributed by atoms with E-state index in [1.807, 2.05) is 37.3 Å². The van der Waals surface area contributed by atoms with Gasteiger partial charge in [-0.2, -0.15) is 4.31 Å². The molecule has 1 aliphatic heterocycles. The third-order valence-electron chi connectivity index (χ3n) is 6.49. The first-order chi connectivity index (χ1) is 16.3. The van der Waals surface area contributed by atoms with E-state index in [2.05, 4.69) is 43.9 Å². The number of rotatable bonds is 7. The minimum Gasteiger partial charge on any atom is -0.354 e. The van der Waals surface area contributed by atoms with E-state index in [-0.39, 0.29) is 5.75 Å². The highest BCUT2D eigenvalue weighted by Crippen LogP contribution is 2.29. The zero-order valence-corrected chi connectivity index (χ0v) is 21.4. The maximum absolute atomic E-state index is 12.6. The Hall–Kier alpha value is -2.77. The number of hydrogen-bond acceptors (Lipinski definition) is 5. The maximum Gasteiger partial charge on any atom is 0.214 e. The van der Waals surface area contributed by atoms with E-state index in [1.165, 1.54) is 16.7 Å². The zero-order chi connectivity index (χ0) is 24.3. The molecule has 7 heteroatoms. The summed E-state index contributed by atoms with van der Waals surface area (Å²) < 4.78 is 26.8. The summed E-state index contributed by atoms with van der Waals surface area (Å²) in [5.74, 6) is 1.83. The van der Waals surface area contributed by atoms with E-state index in [1.54, 1.807) is 4.31 Å². The van der Waals surface area contributed by atoms with Gasteiger partial charge in [-0.3, -0.25) is 0 Å². The average molecular weight is 479 g/mol. The van der Waals surface area contributed by atoms with Crippen molar-refractivity contribution >= 4 is 15.8 Å². The molecule has 2 aromatic carbocycles. The number of aryl methyl sites for hydroxylation is 3. The number of anilines is 1. The van der Waals surface area contributed by atoms with Crippen molar-refractivity contribution < 1.29 is 8.42 Å². The Morgan fingerprint density at radius 3 is 2.29 bits per heavy atom. The van der Waals surface area contributed by atoms with Crippen molar-refractivity contribution in [3.05, 3.63) is 76.5 Å². The summed E-state index contributed by atoms with van der Waals surface area (Å²) in [4.78, 5) is 12.2. The van der Waals surface area contributed by atoms with Gasteiger partial charge in [0.1, 0.15) is 5.82 Å². The molecule has 0 saturated carbocycles. The molecule has 6 nitrogen and oxygen atoms in total. The normalized spacial score (nSPS) is 15.0. The van der Waals surface area contributed by atoms with Crippen LogP contribution in [0.25, 0.3) is 11.4 Å². The van der Waals surface area contributed by atoms with Crippen LogP contribution < -0.4 is 4.90 Å². The van der Waals surface area contributed by atoms with E-state index in [0.29, 0.717) is 38.4 Å². The minimum absolute atomic E-state index is 0.204. The van der Waals surface area contributed by atoms with E-state index < -0.39 is 10.0 Å². The first-order valence-electron chi connectivity index (χ1n) is 12.0. The molecule has 0 amide bonds. The van der Waals surface area contributed by atoms with E-state index in [9.17, 15) is 8.42 Å². The smallest absolute Gasteiger partial charge is 0.214 e. The Morgan fingerprint density at radius 1 is 0.912 bits per heavy atom. The van der Waals surface area contributed by atoms with Crippen molar-refractivity contribution in [3.63, 3.8) is 0 Å². The van der Waals surface area contributed by atoms with Gasteiger partial charge < -0.3 is 4.90 Å². The fraction of sp³-hybridized carbons (Fsp3) is 0.407. The van der Waals surface area contributed by atoms with Crippen molar-refractivity contribution in [3.8, 4) is 11.4 Å². The molecule has 1 aliphatic rings. The molecule has 0 spiro atoms. The van der Waals surface area contributed by atoms with Crippen LogP contribution in [0.15, 0.2) is 48.5 Å². The first-order valence-corrected chi connectivity index (χ1v) is 13.6. The van der Waals surface area contributed by atoms with Crippen LogP contribution in [0, 0.1) is 20.8 Å². The summed E-state index contributed by atoms with van der Waals surface area (Å²) in [6.45, 7) is 10.4. The predicted octanol–water partition coefficient (Wildman–Crippen LogP) is 4.52. The van der Waals surface area contributed by atoms with Gasteiger partial charge in [0, 0.05) is 49.4 Å². The Bertz CT molecular complexity index is 1250. The number of hydrogen-bond donors (Lipinski definition) is 0. The largest absolute Gasteiger partial charge is 0.354 e. The number of nitrogens with zero attached hydrogens (tertiary/aromatic N) is 4. The Kier molecular flexibility index (Phi) is 7.33. The highest BCUT2D eigenvalue weighted by Gasteiger charge is 2.28.